The van der Waals surface area contributed by atoms with Crippen LogP contribution in [0.2, 0.25) is 0 Å². The molecule has 1 unspecified atom stereocenters. The van der Waals surface area contributed by atoms with E-state index >= 15 is 0 Å². The zero-order valence-corrected chi connectivity index (χ0v) is 12.5. The lowest BCUT2D eigenvalue weighted by molar-refractivity contribution is 0.0698. The van der Waals surface area contributed by atoms with E-state index in [1.54, 1.807) is 6.07 Å². The van der Waals surface area contributed by atoms with Crippen LogP contribution in [0.15, 0.2) is 30.5 Å². The van der Waals surface area contributed by atoms with E-state index in [9.17, 15) is 9.90 Å². The van der Waals surface area contributed by atoms with E-state index in [-0.39, 0.29) is 0 Å². The van der Waals surface area contributed by atoms with Gasteiger partial charge >= 0.3 is 5.97 Å². The summed E-state index contributed by atoms with van der Waals surface area (Å²) in [4.78, 5) is 13.8. The average molecular weight is 286 g/mol. The number of para-hydroxylation sites is 1. The summed E-state index contributed by atoms with van der Waals surface area (Å²) < 4.78 is 2.10. The van der Waals surface area contributed by atoms with Crippen molar-refractivity contribution in [1.29, 1.82) is 0 Å². The van der Waals surface area contributed by atoms with E-state index < -0.39 is 5.97 Å². The summed E-state index contributed by atoms with van der Waals surface area (Å²) in [6.45, 7) is 2.06. The third-order valence-corrected chi connectivity index (χ3v) is 4.64. The predicted octanol–water partition coefficient (Wildman–Crippen LogP) is 3.21. The smallest absolute Gasteiger partial charge is 0.337 e. The van der Waals surface area contributed by atoms with E-state index in [0.29, 0.717) is 11.6 Å². The van der Waals surface area contributed by atoms with E-state index in [2.05, 4.69) is 16.5 Å². The Hall–Kier alpha value is -1.81. The number of carbonyl (C=O) groups is 1. The standard InChI is InChI=1S/C17H22N2O2/c1-18-10-3-2-6-14(18)9-12-19-11-8-13-5-4-7-15(16(13)19)17(20)21/h4-5,7-8,11,14H,2-3,6,9-10,12H2,1H3,(H,20,21). The van der Waals surface area contributed by atoms with Crippen LogP contribution in [0.4, 0.5) is 0 Å². The lowest BCUT2D eigenvalue weighted by Crippen LogP contribution is -2.36. The minimum absolute atomic E-state index is 0.398. The Labute approximate surface area is 125 Å². The molecule has 2 aromatic rings. The van der Waals surface area contributed by atoms with Crippen molar-refractivity contribution in [2.45, 2.75) is 38.3 Å². The number of rotatable bonds is 4. The van der Waals surface area contributed by atoms with Gasteiger partial charge in [-0.05, 0) is 45.0 Å². The molecule has 1 saturated heterocycles. The maximum atomic E-state index is 11.4. The summed E-state index contributed by atoms with van der Waals surface area (Å²) in [5, 5.41) is 10.4. The van der Waals surface area contributed by atoms with Crippen molar-refractivity contribution < 1.29 is 9.90 Å². The summed E-state index contributed by atoms with van der Waals surface area (Å²) in [6.07, 6.45) is 6.94. The highest BCUT2D eigenvalue weighted by Crippen LogP contribution is 2.23. The van der Waals surface area contributed by atoms with Gasteiger partial charge in [0, 0.05) is 24.2 Å². The number of carboxylic acids is 1. The number of piperidine rings is 1. The van der Waals surface area contributed by atoms with Gasteiger partial charge < -0.3 is 14.6 Å². The maximum Gasteiger partial charge on any atom is 0.337 e. The van der Waals surface area contributed by atoms with Crippen molar-refractivity contribution >= 4 is 16.9 Å². The molecule has 4 nitrogen and oxygen atoms in total. The number of aromatic nitrogens is 1. The first kappa shape index (κ1) is 14.1. The van der Waals surface area contributed by atoms with Crippen LogP contribution in [0.3, 0.4) is 0 Å². The van der Waals surface area contributed by atoms with Gasteiger partial charge in [0.2, 0.25) is 0 Å². The second-order valence-corrected chi connectivity index (χ2v) is 5.98. The fourth-order valence-corrected chi connectivity index (χ4v) is 3.42. The molecule has 1 aromatic heterocycles. The first-order valence-electron chi connectivity index (χ1n) is 7.68. The van der Waals surface area contributed by atoms with Gasteiger partial charge in [-0.3, -0.25) is 0 Å². The molecule has 4 heteroatoms. The summed E-state index contributed by atoms with van der Waals surface area (Å²) in [5.74, 6) is -0.852. The molecule has 3 rings (SSSR count). The topological polar surface area (TPSA) is 45.5 Å². The third-order valence-electron chi connectivity index (χ3n) is 4.64. The number of benzene rings is 1. The largest absolute Gasteiger partial charge is 0.478 e. The molecule has 1 aromatic carbocycles. The van der Waals surface area contributed by atoms with Crippen molar-refractivity contribution in [3.63, 3.8) is 0 Å². The third kappa shape index (κ3) is 2.81. The first-order valence-corrected chi connectivity index (χ1v) is 7.68. The number of hydrogen-bond donors (Lipinski definition) is 1. The van der Waals surface area contributed by atoms with Gasteiger partial charge in [0.05, 0.1) is 11.1 Å². The summed E-state index contributed by atoms with van der Waals surface area (Å²) in [6, 6.07) is 8.10. The second kappa shape index (κ2) is 5.90. The van der Waals surface area contributed by atoms with Crippen LogP contribution in [-0.4, -0.2) is 40.2 Å². The molecule has 1 fully saturated rings. The van der Waals surface area contributed by atoms with Crippen molar-refractivity contribution in [1.82, 2.24) is 9.47 Å². The average Bonchev–Trinajstić information content (AvgIpc) is 2.89. The van der Waals surface area contributed by atoms with Gasteiger partial charge in [0.1, 0.15) is 0 Å². The molecule has 0 spiro atoms. The lowest BCUT2D eigenvalue weighted by Gasteiger charge is -2.32. The number of aromatic carboxylic acids is 1. The number of fused-ring (bicyclic) bond motifs is 1. The highest BCUT2D eigenvalue weighted by Gasteiger charge is 2.19. The van der Waals surface area contributed by atoms with Crippen molar-refractivity contribution in [3.05, 3.63) is 36.0 Å². The van der Waals surface area contributed by atoms with E-state index in [1.807, 2.05) is 24.4 Å². The van der Waals surface area contributed by atoms with Crippen LogP contribution < -0.4 is 0 Å². The quantitative estimate of drug-likeness (QED) is 0.938. The highest BCUT2D eigenvalue weighted by molar-refractivity contribution is 6.02. The Balaban J connectivity index is 1.82. The summed E-state index contributed by atoms with van der Waals surface area (Å²) >= 11 is 0. The Morgan fingerprint density at radius 3 is 2.95 bits per heavy atom. The molecule has 21 heavy (non-hydrogen) atoms. The molecule has 112 valence electrons. The van der Waals surface area contributed by atoms with E-state index in [4.69, 9.17) is 0 Å². The molecule has 0 amide bonds. The fraction of sp³-hybridized carbons (Fsp3) is 0.471. The fourth-order valence-electron chi connectivity index (χ4n) is 3.42. The van der Waals surface area contributed by atoms with Crippen LogP contribution in [0.25, 0.3) is 10.9 Å². The van der Waals surface area contributed by atoms with Gasteiger partial charge in [-0.1, -0.05) is 18.6 Å². The second-order valence-electron chi connectivity index (χ2n) is 5.98. The van der Waals surface area contributed by atoms with Crippen molar-refractivity contribution in [2.75, 3.05) is 13.6 Å². The molecule has 1 aliphatic rings. The molecular weight excluding hydrogens is 264 g/mol. The van der Waals surface area contributed by atoms with Gasteiger partial charge in [-0.15, -0.1) is 0 Å². The summed E-state index contributed by atoms with van der Waals surface area (Å²) in [7, 11) is 2.19. The molecule has 0 saturated carbocycles. The van der Waals surface area contributed by atoms with E-state index in [1.165, 1.54) is 25.8 Å². The lowest BCUT2D eigenvalue weighted by atomic mass is 10.00. The first-order chi connectivity index (χ1) is 10.2. The molecule has 1 N–H and O–H groups in total. The molecular formula is C17H22N2O2. The molecule has 1 aliphatic heterocycles. The van der Waals surface area contributed by atoms with Gasteiger partial charge in [-0.2, -0.15) is 0 Å². The Kier molecular flexibility index (Phi) is 3.97. The Morgan fingerprint density at radius 1 is 1.33 bits per heavy atom. The van der Waals surface area contributed by atoms with Gasteiger partial charge in [0.15, 0.2) is 0 Å². The number of nitrogens with zero attached hydrogens (tertiary/aromatic N) is 2. The minimum Gasteiger partial charge on any atom is -0.478 e. The number of likely N-dealkylation sites (tertiary alicyclic amines) is 1. The normalized spacial score (nSPS) is 20.0. The number of carboxylic acid groups (broad SMARTS) is 1. The summed E-state index contributed by atoms with van der Waals surface area (Å²) in [5.41, 5.74) is 1.25. The molecule has 0 bridgehead atoms. The van der Waals surface area contributed by atoms with Crippen LogP contribution in [0, 0.1) is 0 Å². The van der Waals surface area contributed by atoms with Crippen LogP contribution in [0.1, 0.15) is 36.0 Å². The number of aryl methyl sites for hydroxylation is 1. The molecule has 0 aliphatic carbocycles. The zero-order chi connectivity index (χ0) is 14.8. The van der Waals surface area contributed by atoms with Crippen LogP contribution in [0.5, 0.6) is 0 Å². The highest BCUT2D eigenvalue weighted by atomic mass is 16.4. The number of hydrogen-bond acceptors (Lipinski definition) is 2. The van der Waals surface area contributed by atoms with Gasteiger partial charge in [-0.25, -0.2) is 4.79 Å². The molecule has 0 radical (unpaired) electrons. The minimum atomic E-state index is -0.852. The molecule has 2 heterocycles. The Bertz CT molecular complexity index is 647. The maximum absolute atomic E-state index is 11.4. The monoisotopic (exact) mass is 286 g/mol. The van der Waals surface area contributed by atoms with Crippen molar-refractivity contribution in [3.8, 4) is 0 Å². The van der Waals surface area contributed by atoms with Crippen molar-refractivity contribution in [2.24, 2.45) is 0 Å². The predicted molar refractivity (Wildman–Crippen MR) is 83.8 cm³/mol. The zero-order valence-electron chi connectivity index (χ0n) is 12.5. The van der Waals surface area contributed by atoms with Crippen LogP contribution >= 0.6 is 0 Å². The van der Waals surface area contributed by atoms with Crippen LogP contribution in [-0.2, 0) is 6.54 Å². The van der Waals surface area contributed by atoms with E-state index in [0.717, 1.165) is 23.9 Å². The SMILES string of the molecule is CN1CCCCC1CCn1ccc2cccc(C(=O)O)c21. The molecule has 1 atom stereocenters. The van der Waals surface area contributed by atoms with Gasteiger partial charge in [0.25, 0.3) is 0 Å². The Morgan fingerprint density at radius 2 is 2.19 bits per heavy atom.